The lowest BCUT2D eigenvalue weighted by atomic mass is 9.84. The van der Waals surface area contributed by atoms with Crippen molar-refractivity contribution in [2.45, 2.75) is 33.6 Å². The van der Waals surface area contributed by atoms with Gasteiger partial charge in [0.25, 0.3) is 0 Å². The van der Waals surface area contributed by atoms with Gasteiger partial charge in [0.1, 0.15) is 0 Å². The van der Waals surface area contributed by atoms with Crippen molar-refractivity contribution in [2.75, 3.05) is 6.54 Å². The number of hydrogen-bond acceptors (Lipinski definition) is 1. The number of hydrogen-bond donors (Lipinski definition) is 1. The lowest BCUT2D eigenvalue weighted by molar-refractivity contribution is 0.822. The van der Waals surface area contributed by atoms with Gasteiger partial charge < -0.3 is 5.32 Å². The predicted octanol–water partition coefficient (Wildman–Crippen LogP) is 4.42. The average Bonchev–Trinajstić information content (AvgIpc) is 2.28. The molecule has 0 amide bonds. The van der Waals surface area contributed by atoms with Gasteiger partial charge in [-0.25, -0.2) is 0 Å². The van der Waals surface area contributed by atoms with Crippen LogP contribution < -0.4 is 5.32 Å². The molecular weight excluding hydrogens is 218 g/mol. The summed E-state index contributed by atoms with van der Waals surface area (Å²) in [7, 11) is 0. The first-order chi connectivity index (χ1) is 8.61. The summed E-state index contributed by atoms with van der Waals surface area (Å²) in [6.45, 7) is 10.0. The van der Waals surface area contributed by atoms with Crippen LogP contribution in [-0.2, 0) is 0 Å². The molecule has 1 heterocycles. The summed E-state index contributed by atoms with van der Waals surface area (Å²) in [4.78, 5) is 0. The molecule has 1 aromatic rings. The fourth-order valence-corrected chi connectivity index (χ4v) is 2.55. The molecular formula is C17H23N. The molecule has 0 aliphatic carbocycles. The Balaban J connectivity index is 2.67. The Morgan fingerprint density at radius 2 is 1.83 bits per heavy atom. The van der Waals surface area contributed by atoms with Crippen LogP contribution >= 0.6 is 0 Å². The van der Waals surface area contributed by atoms with E-state index in [1.54, 1.807) is 0 Å². The molecule has 0 bridgehead atoms. The molecule has 1 aliphatic heterocycles. The second kappa shape index (κ2) is 5.43. The molecule has 1 heteroatoms. The van der Waals surface area contributed by atoms with Crippen LogP contribution in [0.2, 0.25) is 0 Å². The van der Waals surface area contributed by atoms with Gasteiger partial charge in [0, 0.05) is 6.54 Å². The monoisotopic (exact) mass is 241 g/mol. The van der Waals surface area contributed by atoms with Crippen molar-refractivity contribution in [3.8, 4) is 0 Å². The Bertz CT molecular complexity index is 478. The highest BCUT2D eigenvalue weighted by Crippen LogP contribution is 2.34. The minimum atomic E-state index is 0.553. The normalized spacial score (nSPS) is 19.6. The number of benzene rings is 1. The minimum absolute atomic E-state index is 0.553. The average molecular weight is 241 g/mol. The van der Waals surface area contributed by atoms with E-state index in [0.29, 0.717) is 11.8 Å². The van der Waals surface area contributed by atoms with E-state index in [-0.39, 0.29) is 0 Å². The molecule has 1 N–H and O–H groups in total. The third kappa shape index (κ3) is 2.50. The third-order valence-corrected chi connectivity index (χ3v) is 3.48. The largest absolute Gasteiger partial charge is 0.387 e. The summed E-state index contributed by atoms with van der Waals surface area (Å²) in [5.74, 6) is 1.11. The fraction of sp³-hybridized carbons (Fsp3) is 0.412. The molecule has 18 heavy (non-hydrogen) atoms. The fourth-order valence-electron chi connectivity index (χ4n) is 2.55. The van der Waals surface area contributed by atoms with Crippen LogP contribution in [0.3, 0.4) is 0 Å². The SMILES string of the molecule is CC(C)/C1=C/CN/C=C\c2cccc(C(C)C)c21. The van der Waals surface area contributed by atoms with Crippen molar-refractivity contribution in [1.29, 1.82) is 0 Å². The number of fused-ring (bicyclic) bond motifs is 1. The Labute approximate surface area is 111 Å². The maximum absolute atomic E-state index is 3.30. The Hall–Kier alpha value is -1.50. The highest BCUT2D eigenvalue weighted by atomic mass is 14.8. The van der Waals surface area contributed by atoms with Crippen LogP contribution in [0, 0.1) is 5.92 Å². The molecule has 1 aliphatic rings. The van der Waals surface area contributed by atoms with Crippen molar-refractivity contribution in [3.05, 3.63) is 47.2 Å². The van der Waals surface area contributed by atoms with Crippen LogP contribution in [0.4, 0.5) is 0 Å². The molecule has 0 fully saturated rings. The molecule has 0 unspecified atom stereocenters. The van der Waals surface area contributed by atoms with E-state index in [2.05, 4.69) is 69.6 Å². The van der Waals surface area contributed by atoms with Gasteiger partial charge in [-0.2, -0.15) is 0 Å². The zero-order valence-corrected chi connectivity index (χ0v) is 11.8. The zero-order valence-electron chi connectivity index (χ0n) is 11.8. The van der Waals surface area contributed by atoms with Crippen LogP contribution in [0.5, 0.6) is 0 Å². The van der Waals surface area contributed by atoms with Crippen molar-refractivity contribution in [1.82, 2.24) is 5.32 Å². The quantitative estimate of drug-likeness (QED) is 0.808. The van der Waals surface area contributed by atoms with Crippen molar-refractivity contribution >= 4 is 11.6 Å². The topological polar surface area (TPSA) is 12.0 Å². The molecule has 0 radical (unpaired) electrons. The Morgan fingerprint density at radius 1 is 1.06 bits per heavy atom. The number of allylic oxidation sites excluding steroid dienone is 1. The van der Waals surface area contributed by atoms with Gasteiger partial charge in [-0.3, -0.25) is 0 Å². The van der Waals surface area contributed by atoms with Gasteiger partial charge in [-0.05, 0) is 46.4 Å². The van der Waals surface area contributed by atoms with Crippen LogP contribution in [0.15, 0.2) is 30.5 Å². The van der Waals surface area contributed by atoms with Crippen molar-refractivity contribution in [3.63, 3.8) is 0 Å². The maximum atomic E-state index is 3.30. The molecule has 0 spiro atoms. The first-order valence-corrected chi connectivity index (χ1v) is 6.84. The zero-order chi connectivity index (χ0) is 13.1. The summed E-state index contributed by atoms with van der Waals surface area (Å²) in [5, 5.41) is 3.30. The summed E-state index contributed by atoms with van der Waals surface area (Å²) >= 11 is 0. The molecule has 0 saturated carbocycles. The van der Waals surface area contributed by atoms with E-state index in [1.165, 1.54) is 22.3 Å². The second-order valence-corrected chi connectivity index (χ2v) is 5.52. The molecule has 1 aromatic carbocycles. The molecule has 0 aromatic heterocycles. The van der Waals surface area contributed by atoms with Crippen LogP contribution in [0.1, 0.15) is 50.3 Å². The summed E-state index contributed by atoms with van der Waals surface area (Å²) < 4.78 is 0. The van der Waals surface area contributed by atoms with E-state index in [9.17, 15) is 0 Å². The Kier molecular flexibility index (Phi) is 3.90. The number of nitrogens with one attached hydrogen (secondary N) is 1. The minimum Gasteiger partial charge on any atom is -0.387 e. The van der Waals surface area contributed by atoms with Gasteiger partial charge in [-0.1, -0.05) is 52.0 Å². The smallest absolute Gasteiger partial charge is 0.0331 e. The predicted molar refractivity (Wildman–Crippen MR) is 80.4 cm³/mol. The summed E-state index contributed by atoms with van der Waals surface area (Å²) in [5.41, 5.74) is 5.69. The van der Waals surface area contributed by atoms with Gasteiger partial charge in [0.15, 0.2) is 0 Å². The number of rotatable bonds is 2. The van der Waals surface area contributed by atoms with Crippen molar-refractivity contribution in [2.24, 2.45) is 5.92 Å². The summed E-state index contributed by atoms with van der Waals surface area (Å²) in [6, 6.07) is 6.64. The van der Waals surface area contributed by atoms with E-state index < -0.39 is 0 Å². The van der Waals surface area contributed by atoms with E-state index in [0.717, 1.165) is 6.54 Å². The lowest BCUT2D eigenvalue weighted by Gasteiger charge is -2.22. The third-order valence-electron chi connectivity index (χ3n) is 3.48. The molecule has 0 atom stereocenters. The van der Waals surface area contributed by atoms with Crippen LogP contribution in [-0.4, -0.2) is 6.54 Å². The van der Waals surface area contributed by atoms with Gasteiger partial charge in [0.05, 0.1) is 0 Å². The maximum Gasteiger partial charge on any atom is 0.0331 e. The molecule has 96 valence electrons. The Morgan fingerprint density at radius 3 is 2.50 bits per heavy atom. The van der Waals surface area contributed by atoms with E-state index >= 15 is 0 Å². The highest BCUT2D eigenvalue weighted by Gasteiger charge is 2.16. The van der Waals surface area contributed by atoms with Gasteiger partial charge >= 0.3 is 0 Å². The van der Waals surface area contributed by atoms with Crippen LogP contribution in [0.25, 0.3) is 11.6 Å². The summed E-state index contributed by atoms with van der Waals surface area (Å²) in [6.07, 6.45) is 6.58. The standard InChI is InChI=1S/C17H23N/c1-12(2)15-7-5-6-14-8-10-18-11-9-16(13(3)4)17(14)15/h5-10,12-13,18H,11H2,1-4H3/b10-8-,16-9-. The first-order valence-electron chi connectivity index (χ1n) is 6.84. The lowest BCUT2D eigenvalue weighted by Crippen LogP contribution is -2.11. The highest BCUT2D eigenvalue weighted by molar-refractivity contribution is 5.78. The van der Waals surface area contributed by atoms with Crippen molar-refractivity contribution < 1.29 is 0 Å². The van der Waals surface area contributed by atoms with E-state index in [4.69, 9.17) is 0 Å². The second-order valence-electron chi connectivity index (χ2n) is 5.52. The molecule has 2 rings (SSSR count). The molecule has 1 nitrogen and oxygen atoms in total. The first kappa shape index (κ1) is 12.9. The molecule has 0 saturated heterocycles. The van der Waals surface area contributed by atoms with Gasteiger partial charge in [-0.15, -0.1) is 0 Å². The van der Waals surface area contributed by atoms with E-state index in [1.807, 2.05) is 0 Å². The van der Waals surface area contributed by atoms with Gasteiger partial charge in [0.2, 0.25) is 0 Å².